The Labute approximate surface area is 112 Å². The lowest BCUT2D eigenvalue weighted by Crippen LogP contribution is -2.23. The summed E-state index contributed by atoms with van der Waals surface area (Å²) in [6.07, 6.45) is 0. The van der Waals surface area contributed by atoms with Gasteiger partial charge in [0.1, 0.15) is 11.7 Å². The number of amidine groups is 1. The first-order valence-corrected chi connectivity index (χ1v) is 6.31. The number of nitrogen functional groups attached to an aromatic ring is 1. The second-order valence-corrected chi connectivity index (χ2v) is 4.75. The van der Waals surface area contributed by atoms with Crippen molar-refractivity contribution in [3.8, 4) is 11.3 Å². The SMILES string of the molecule is CN1CCN=C1c1ccccc1-c1cc(N)n(C)n1. The van der Waals surface area contributed by atoms with Crippen molar-refractivity contribution in [3.05, 3.63) is 35.9 Å². The van der Waals surface area contributed by atoms with E-state index in [1.807, 2.05) is 25.2 Å². The molecule has 5 heteroatoms. The molecule has 3 rings (SSSR count). The zero-order valence-electron chi connectivity index (χ0n) is 11.2. The summed E-state index contributed by atoms with van der Waals surface area (Å²) in [5.41, 5.74) is 8.94. The minimum absolute atomic E-state index is 0.659. The predicted molar refractivity (Wildman–Crippen MR) is 77.1 cm³/mol. The number of hydrogen-bond acceptors (Lipinski definition) is 4. The number of aromatic nitrogens is 2. The molecule has 5 nitrogen and oxygen atoms in total. The van der Waals surface area contributed by atoms with Crippen molar-refractivity contribution < 1.29 is 0 Å². The van der Waals surface area contributed by atoms with E-state index in [1.54, 1.807) is 4.68 Å². The van der Waals surface area contributed by atoms with Crippen LogP contribution in [-0.4, -0.2) is 40.7 Å². The molecule has 0 spiro atoms. The fraction of sp³-hybridized carbons (Fsp3) is 0.286. The molecule has 1 aliphatic heterocycles. The Kier molecular flexibility index (Phi) is 2.74. The Bertz CT molecular complexity index is 622. The molecule has 0 fully saturated rings. The zero-order valence-corrected chi connectivity index (χ0v) is 11.2. The van der Waals surface area contributed by atoms with E-state index >= 15 is 0 Å². The van der Waals surface area contributed by atoms with E-state index < -0.39 is 0 Å². The summed E-state index contributed by atoms with van der Waals surface area (Å²) >= 11 is 0. The van der Waals surface area contributed by atoms with Crippen molar-refractivity contribution in [3.63, 3.8) is 0 Å². The van der Waals surface area contributed by atoms with Crippen molar-refractivity contribution >= 4 is 11.7 Å². The number of benzene rings is 1. The van der Waals surface area contributed by atoms with E-state index in [0.717, 1.165) is 35.7 Å². The summed E-state index contributed by atoms with van der Waals surface area (Å²) in [7, 11) is 3.91. The number of nitrogens with zero attached hydrogens (tertiary/aromatic N) is 4. The maximum Gasteiger partial charge on any atom is 0.131 e. The maximum absolute atomic E-state index is 5.87. The lowest BCUT2D eigenvalue weighted by Gasteiger charge is -2.16. The smallest absolute Gasteiger partial charge is 0.131 e. The Morgan fingerprint density at radius 1 is 1.16 bits per heavy atom. The van der Waals surface area contributed by atoms with Gasteiger partial charge < -0.3 is 10.6 Å². The standard InChI is InChI=1S/C14H17N5/c1-18-8-7-16-14(18)11-6-4-3-5-10(11)12-9-13(15)19(2)17-12/h3-6,9H,7-8,15H2,1-2H3. The first-order valence-electron chi connectivity index (χ1n) is 6.31. The molecular formula is C14H17N5. The van der Waals surface area contributed by atoms with Gasteiger partial charge in [-0.3, -0.25) is 9.67 Å². The predicted octanol–water partition coefficient (Wildman–Crippen LogP) is 1.36. The lowest BCUT2D eigenvalue weighted by molar-refractivity contribution is 0.557. The van der Waals surface area contributed by atoms with Crippen LogP contribution in [0, 0.1) is 0 Å². The van der Waals surface area contributed by atoms with Crippen molar-refractivity contribution in [2.45, 2.75) is 0 Å². The fourth-order valence-electron chi connectivity index (χ4n) is 2.34. The zero-order chi connectivity index (χ0) is 13.4. The van der Waals surface area contributed by atoms with Crippen molar-refractivity contribution in [2.24, 2.45) is 12.0 Å². The molecule has 98 valence electrons. The van der Waals surface area contributed by atoms with E-state index in [1.165, 1.54) is 0 Å². The van der Waals surface area contributed by atoms with Gasteiger partial charge in [0, 0.05) is 37.8 Å². The Morgan fingerprint density at radius 2 is 1.89 bits per heavy atom. The molecule has 0 saturated heterocycles. The molecule has 0 amide bonds. The average molecular weight is 255 g/mol. The van der Waals surface area contributed by atoms with Gasteiger partial charge in [-0.15, -0.1) is 0 Å². The van der Waals surface area contributed by atoms with Crippen molar-refractivity contribution in [1.82, 2.24) is 14.7 Å². The first kappa shape index (κ1) is 11.8. The van der Waals surface area contributed by atoms with Gasteiger partial charge in [-0.25, -0.2) is 0 Å². The highest BCUT2D eigenvalue weighted by Gasteiger charge is 2.19. The van der Waals surface area contributed by atoms with Crippen LogP contribution in [-0.2, 0) is 7.05 Å². The molecule has 0 atom stereocenters. The molecule has 0 unspecified atom stereocenters. The van der Waals surface area contributed by atoms with Crippen LogP contribution in [0.4, 0.5) is 5.82 Å². The average Bonchev–Trinajstić information content (AvgIpc) is 2.97. The highest BCUT2D eigenvalue weighted by atomic mass is 15.3. The molecule has 0 radical (unpaired) electrons. The van der Waals surface area contributed by atoms with E-state index in [2.05, 4.69) is 34.2 Å². The molecule has 2 aromatic rings. The second-order valence-electron chi connectivity index (χ2n) is 4.75. The Morgan fingerprint density at radius 3 is 2.47 bits per heavy atom. The third-order valence-electron chi connectivity index (χ3n) is 3.42. The van der Waals surface area contributed by atoms with E-state index in [4.69, 9.17) is 5.73 Å². The van der Waals surface area contributed by atoms with Gasteiger partial charge in [-0.05, 0) is 0 Å². The summed E-state index contributed by atoms with van der Waals surface area (Å²) in [6, 6.07) is 10.1. The minimum Gasteiger partial charge on any atom is -0.384 e. The third kappa shape index (κ3) is 1.97. The molecule has 2 N–H and O–H groups in total. The summed E-state index contributed by atoms with van der Waals surface area (Å²) in [4.78, 5) is 6.75. The second kappa shape index (κ2) is 4.42. The van der Waals surface area contributed by atoms with Gasteiger partial charge in [0.15, 0.2) is 0 Å². The molecule has 1 aromatic carbocycles. The van der Waals surface area contributed by atoms with Crippen LogP contribution >= 0.6 is 0 Å². The number of nitrogens with two attached hydrogens (primary N) is 1. The number of hydrogen-bond donors (Lipinski definition) is 1. The van der Waals surface area contributed by atoms with Crippen LogP contribution in [0.3, 0.4) is 0 Å². The normalized spacial score (nSPS) is 14.8. The molecule has 2 heterocycles. The topological polar surface area (TPSA) is 59.4 Å². The van der Waals surface area contributed by atoms with Gasteiger partial charge >= 0.3 is 0 Å². The van der Waals surface area contributed by atoms with Crippen molar-refractivity contribution in [2.75, 3.05) is 25.9 Å². The largest absolute Gasteiger partial charge is 0.384 e. The number of aryl methyl sites for hydroxylation is 1. The van der Waals surface area contributed by atoms with E-state index in [0.29, 0.717) is 5.82 Å². The van der Waals surface area contributed by atoms with Crippen molar-refractivity contribution in [1.29, 1.82) is 0 Å². The van der Waals surface area contributed by atoms with Gasteiger partial charge in [-0.1, -0.05) is 24.3 Å². The van der Waals surface area contributed by atoms with E-state index in [9.17, 15) is 0 Å². The molecule has 0 aliphatic carbocycles. The summed E-state index contributed by atoms with van der Waals surface area (Å²) in [6.45, 7) is 1.82. The van der Waals surface area contributed by atoms with Crippen LogP contribution < -0.4 is 5.73 Å². The Hall–Kier alpha value is -2.30. The van der Waals surface area contributed by atoms with Gasteiger partial charge in [-0.2, -0.15) is 5.10 Å². The minimum atomic E-state index is 0.659. The van der Waals surface area contributed by atoms with Crippen LogP contribution in [0.15, 0.2) is 35.3 Å². The lowest BCUT2D eigenvalue weighted by atomic mass is 10.0. The van der Waals surface area contributed by atoms with Gasteiger partial charge in [0.05, 0.1) is 12.2 Å². The third-order valence-corrected chi connectivity index (χ3v) is 3.42. The van der Waals surface area contributed by atoms with Crippen LogP contribution in [0.2, 0.25) is 0 Å². The number of anilines is 1. The monoisotopic (exact) mass is 255 g/mol. The molecule has 1 aliphatic rings. The van der Waals surface area contributed by atoms with Gasteiger partial charge in [0.2, 0.25) is 0 Å². The van der Waals surface area contributed by atoms with Crippen LogP contribution in [0.25, 0.3) is 11.3 Å². The first-order chi connectivity index (χ1) is 9.16. The molecule has 1 aromatic heterocycles. The highest BCUT2D eigenvalue weighted by molar-refractivity contribution is 6.04. The summed E-state index contributed by atoms with van der Waals surface area (Å²) in [5, 5.41) is 4.46. The van der Waals surface area contributed by atoms with Crippen LogP contribution in [0.1, 0.15) is 5.56 Å². The van der Waals surface area contributed by atoms with Gasteiger partial charge in [0.25, 0.3) is 0 Å². The number of rotatable bonds is 2. The summed E-state index contributed by atoms with van der Waals surface area (Å²) < 4.78 is 1.69. The molecule has 19 heavy (non-hydrogen) atoms. The van der Waals surface area contributed by atoms with Crippen LogP contribution in [0.5, 0.6) is 0 Å². The number of aliphatic imine (C=N–C) groups is 1. The summed E-state index contributed by atoms with van der Waals surface area (Å²) in [5.74, 6) is 1.69. The number of likely N-dealkylation sites (N-methyl/N-ethyl adjacent to an activating group) is 1. The highest BCUT2D eigenvalue weighted by Crippen LogP contribution is 2.26. The van der Waals surface area contributed by atoms with E-state index in [-0.39, 0.29) is 0 Å². The quantitative estimate of drug-likeness (QED) is 0.881. The fourth-order valence-corrected chi connectivity index (χ4v) is 2.34. The molecular weight excluding hydrogens is 238 g/mol. The molecule has 0 bridgehead atoms. The molecule has 0 saturated carbocycles. The maximum atomic E-state index is 5.87. The Balaban J connectivity index is 2.12.